The molecule has 0 aromatic heterocycles. The van der Waals surface area contributed by atoms with Crippen molar-refractivity contribution in [2.75, 3.05) is 13.0 Å². The zero-order valence-electron chi connectivity index (χ0n) is 10.0. The monoisotopic (exact) mass is 267 g/mol. The van der Waals surface area contributed by atoms with Gasteiger partial charge in [-0.3, -0.25) is 4.79 Å². The Labute approximate surface area is 110 Å². The van der Waals surface area contributed by atoms with Crippen LogP contribution in [0, 0.1) is 0 Å². The fourth-order valence-electron chi connectivity index (χ4n) is 1.95. The van der Waals surface area contributed by atoms with E-state index in [2.05, 4.69) is 10.1 Å². The molecule has 0 bridgehead atoms. The molecular formula is C13H14ClNO3. The van der Waals surface area contributed by atoms with Gasteiger partial charge in [-0.1, -0.05) is 12.1 Å². The maximum Gasteiger partial charge on any atom is 0.337 e. The van der Waals surface area contributed by atoms with Gasteiger partial charge in [-0.2, -0.15) is 0 Å². The van der Waals surface area contributed by atoms with Gasteiger partial charge < -0.3 is 10.1 Å². The Balaban J connectivity index is 2.14. The van der Waals surface area contributed by atoms with Crippen LogP contribution in [0.3, 0.4) is 0 Å². The number of halogens is 1. The number of benzene rings is 1. The van der Waals surface area contributed by atoms with Crippen molar-refractivity contribution in [3.05, 3.63) is 35.4 Å². The van der Waals surface area contributed by atoms with Crippen LogP contribution in [0.25, 0.3) is 0 Å². The van der Waals surface area contributed by atoms with Gasteiger partial charge in [0, 0.05) is 0 Å². The minimum absolute atomic E-state index is 0.0397. The summed E-state index contributed by atoms with van der Waals surface area (Å²) in [6.07, 6.45) is 1.79. The third-order valence-electron chi connectivity index (χ3n) is 3.11. The van der Waals surface area contributed by atoms with Crippen LogP contribution < -0.4 is 5.32 Å². The van der Waals surface area contributed by atoms with E-state index in [1.165, 1.54) is 7.11 Å². The zero-order valence-corrected chi connectivity index (χ0v) is 10.8. The molecule has 4 nitrogen and oxygen atoms in total. The number of alkyl halides is 1. The number of carbonyl (C=O) groups is 2. The lowest BCUT2D eigenvalue weighted by molar-refractivity contribution is -0.119. The van der Waals surface area contributed by atoms with Gasteiger partial charge in [0.2, 0.25) is 5.91 Å². The standard InChI is InChI=1S/C13H14ClNO3/c1-18-12(17)9-2-4-10(5-3-9)13(6-7-13)15-11(16)8-14/h2-5H,6-8H2,1H3,(H,15,16). The van der Waals surface area contributed by atoms with Crippen LogP contribution in [0.5, 0.6) is 0 Å². The summed E-state index contributed by atoms with van der Waals surface area (Å²) in [5.41, 5.74) is 1.20. The molecule has 0 atom stereocenters. The molecule has 0 aliphatic heterocycles. The van der Waals surface area contributed by atoms with Crippen molar-refractivity contribution in [1.29, 1.82) is 0 Å². The number of esters is 1. The molecule has 1 fully saturated rings. The number of nitrogens with one attached hydrogen (secondary N) is 1. The van der Waals surface area contributed by atoms with E-state index in [1.807, 2.05) is 12.1 Å². The van der Waals surface area contributed by atoms with Crippen LogP contribution in [0.4, 0.5) is 0 Å². The fraction of sp³-hybridized carbons (Fsp3) is 0.385. The number of ether oxygens (including phenoxy) is 1. The molecule has 1 aromatic carbocycles. The van der Waals surface area contributed by atoms with Crippen LogP contribution in [0.1, 0.15) is 28.8 Å². The van der Waals surface area contributed by atoms with Crippen molar-refractivity contribution < 1.29 is 14.3 Å². The Hall–Kier alpha value is -1.55. The highest BCUT2D eigenvalue weighted by Gasteiger charge is 2.45. The van der Waals surface area contributed by atoms with Crippen molar-refractivity contribution in [3.8, 4) is 0 Å². The minimum Gasteiger partial charge on any atom is -0.465 e. The fourth-order valence-corrected chi connectivity index (χ4v) is 2.02. The summed E-state index contributed by atoms with van der Waals surface area (Å²) < 4.78 is 4.63. The van der Waals surface area contributed by atoms with Crippen molar-refractivity contribution in [2.45, 2.75) is 18.4 Å². The average Bonchev–Trinajstić information content (AvgIpc) is 3.18. The molecule has 1 N–H and O–H groups in total. The number of hydrogen-bond donors (Lipinski definition) is 1. The Morgan fingerprint density at radius 2 is 1.94 bits per heavy atom. The number of hydrogen-bond acceptors (Lipinski definition) is 3. The van der Waals surface area contributed by atoms with Crippen molar-refractivity contribution in [1.82, 2.24) is 5.32 Å². The molecule has 0 unspecified atom stereocenters. The first kappa shape index (κ1) is 12.9. The second kappa shape index (κ2) is 4.98. The number of amides is 1. The lowest BCUT2D eigenvalue weighted by atomic mass is 10.0. The summed E-state index contributed by atoms with van der Waals surface area (Å²) in [5, 5.41) is 2.91. The van der Waals surface area contributed by atoms with Crippen LogP contribution >= 0.6 is 11.6 Å². The molecule has 0 saturated heterocycles. The van der Waals surface area contributed by atoms with Gasteiger partial charge in [0.25, 0.3) is 0 Å². The Morgan fingerprint density at radius 1 is 1.33 bits per heavy atom. The highest BCUT2D eigenvalue weighted by atomic mass is 35.5. The summed E-state index contributed by atoms with van der Waals surface area (Å²) in [6, 6.07) is 7.09. The predicted octanol–water partition coefficient (Wildman–Crippen LogP) is 1.82. The van der Waals surface area contributed by atoms with Crippen LogP contribution in [-0.4, -0.2) is 24.9 Å². The van der Waals surface area contributed by atoms with E-state index in [0.717, 1.165) is 18.4 Å². The topological polar surface area (TPSA) is 55.4 Å². The molecule has 0 spiro atoms. The molecular weight excluding hydrogens is 254 g/mol. The van der Waals surface area contributed by atoms with E-state index in [1.54, 1.807) is 12.1 Å². The number of methoxy groups -OCH3 is 1. The molecule has 96 valence electrons. The van der Waals surface area contributed by atoms with E-state index in [-0.39, 0.29) is 23.3 Å². The summed E-state index contributed by atoms with van der Waals surface area (Å²) in [7, 11) is 1.35. The van der Waals surface area contributed by atoms with E-state index < -0.39 is 0 Å². The van der Waals surface area contributed by atoms with Crippen LogP contribution in [0.2, 0.25) is 0 Å². The summed E-state index contributed by atoms with van der Waals surface area (Å²) >= 11 is 5.49. The number of carbonyl (C=O) groups excluding carboxylic acids is 2. The van der Waals surface area contributed by atoms with E-state index in [0.29, 0.717) is 5.56 Å². The minimum atomic E-state index is -0.365. The molecule has 2 rings (SSSR count). The summed E-state index contributed by atoms with van der Waals surface area (Å²) in [4.78, 5) is 22.6. The van der Waals surface area contributed by atoms with Gasteiger partial charge in [-0.05, 0) is 30.5 Å². The highest BCUT2D eigenvalue weighted by molar-refractivity contribution is 6.27. The van der Waals surface area contributed by atoms with E-state index in [4.69, 9.17) is 11.6 Å². The van der Waals surface area contributed by atoms with Gasteiger partial charge >= 0.3 is 5.97 Å². The first-order chi connectivity index (χ1) is 8.61. The Morgan fingerprint density at radius 3 is 2.39 bits per heavy atom. The molecule has 1 amide bonds. The third kappa shape index (κ3) is 2.48. The first-order valence-corrected chi connectivity index (χ1v) is 6.20. The summed E-state index contributed by atoms with van der Waals surface area (Å²) in [5.74, 6) is -0.579. The second-order valence-electron chi connectivity index (χ2n) is 4.33. The molecule has 1 aliphatic rings. The molecule has 0 radical (unpaired) electrons. The SMILES string of the molecule is COC(=O)c1ccc(C2(NC(=O)CCl)CC2)cc1. The predicted molar refractivity (Wildman–Crippen MR) is 67.6 cm³/mol. The lowest BCUT2D eigenvalue weighted by Crippen LogP contribution is -2.35. The average molecular weight is 268 g/mol. The van der Waals surface area contributed by atoms with Gasteiger partial charge in [0.1, 0.15) is 5.88 Å². The molecule has 1 aromatic rings. The van der Waals surface area contributed by atoms with Gasteiger partial charge in [0.05, 0.1) is 18.2 Å². The van der Waals surface area contributed by atoms with Crippen molar-refractivity contribution in [2.24, 2.45) is 0 Å². The lowest BCUT2D eigenvalue weighted by Gasteiger charge is -2.17. The molecule has 0 heterocycles. The summed E-state index contributed by atoms with van der Waals surface area (Å²) in [6.45, 7) is 0. The van der Waals surface area contributed by atoms with Gasteiger partial charge in [-0.25, -0.2) is 4.79 Å². The quantitative estimate of drug-likeness (QED) is 0.669. The van der Waals surface area contributed by atoms with E-state index >= 15 is 0 Å². The largest absolute Gasteiger partial charge is 0.465 e. The second-order valence-corrected chi connectivity index (χ2v) is 4.60. The zero-order chi connectivity index (χ0) is 13.2. The first-order valence-electron chi connectivity index (χ1n) is 5.67. The molecule has 1 saturated carbocycles. The Kier molecular flexibility index (Phi) is 3.57. The molecule has 18 heavy (non-hydrogen) atoms. The highest BCUT2D eigenvalue weighted by Crippen LogP contribution is 2.45. The Bertz CT molecular complexity index is 466. The smallest absolute Gasteiger partial charge is 0.337 e. The third-order valence-corrected chi connectivity index (χ3v) is 3.35. The maximum absolute atomic E-state index is 11.3. The molecule has 5 heteroatoms. The van der Waals surface area contributed by atoms with Gasteiger partial charge in [-0.15, -0.1) is 11.6 Å². The van der Waals surface area contributed by atoms with Crippen LogP contribution in [0.15, 0.2) is 24.3 Å². The van der Waals surface area contributed by atoms with Crippen molar-refractivity contribution in [3.63, 3.8) is 0 Å². The maximum atomic E-state index is 11.3. The van der Waals surface area contributed by atoms with Gasteiger partial charge in [0.15, 0.2) is 0 Å². The van der Waals surface area contributed by atoms with Crippen LogP contribution in [-0.2, 0) is 15.1 Å². The number of rotatable bonds is 4. The molecule has 1 aliphatic carbocycles. The van der Waals surface area contributed by atoms with E-state index in [9.17, 15) is 9.59 Å². The van der Waals surface area contributed by atoms with Crippen molar-refractivity contribution >= 4 is 23.5 Å². The normalized spacial score (nSPS) is 15.9.